The number of carbonyl (C=O) groups excluding carboxylic acids is 1. The first-order chi connectivity index (χ1) is 15.1. The molecular formula is C26H33ClN2O2. The first-order valence-corrected chi connectivity index (χ1v) is 12.0. The molecule has 0 spiro atoms. The highest BCUT2D eigenvalue weighted by Crippen LogP contribution is 2.44. The lowest BCUT2D eigenvalue weighted by Gasteiger charge is -2.33. The molecule has 2 fully saturated rings. The summed E-state index contributed by atoms with van der Waals surface area (Å²) < 4.78 is 5.95. The number of rotatable bonds is 7. The van der Waals surface area contributed by atoms with E-state index in [0.29, 0.717) is 17.7 Å². The maximum atomic E-state index is 13.3. The Morgan fingerprint density at radius 1 is 1.10 bits per heavy atom. The molecule has 4 nitrogen and oxygen atoms in total. The molecule has 2 aromatic carbocycles. The zero-order valence-electron chi connectivity index (χ0n) is 18.4. The van der Waals surface area contributed by atoms with Crippen molar-refractivity contribution >= 4 is 23.2 Å². The minimum absolute atomic E-state index is 0.0332. The molecule has 0 radical (unpaired) electrons. The first kappa shape index (κ1) is 22.2. The molecule has 1 unspecified atom stereocenters. The summed E-state index contributed by atoms with van der Waals surface area (Å²) in [5, 5.41) is 3.80. The highest BCUT2D eigenvalue weighted by atomic mass is 35.5. The molecule has 1 atom stereocenters. The minimum Gasteiger partial charge on any atom is -0.492 e. The lowest BCUT2D eigenvalue weighted by atomic mass is 9.78. The third kappa shape index (κ3) is 5.07. The van der Waals surface area contributed by atoms with Gasteiger partial charge in [-0.3, -0.25) is 9.69 Å². The second kappa shape index (κ2) is 10.1. The van der Waals surface area contributed by atoms with Gasteiger partial charge in [-0.2, -0.15) is 0 Å². The van der Waals surface area contributed by atoms with E-state index in [1.807, 2.05) is 48.5 Å². The number of piperidine rings is 1. The van der Waals surface area contributed by atoms with Crippen molar-refractivity contribution in [2.24, 2.45) is 0 Å². The van der Waals surface area contributed by atoms with Crippen LogP contribution in [0.25, 0.3) is 0 Å². The summed E-state index contributed by atoms with van der Waals surface area (Å²) in [7, 11) is 0. The topological polar surface area (TPSA) is 41.6 Å². The van der Waals surface area contributed by atoms with Crippen molar-refractivity contribution in [3.63, 3.8) is 0 Å². The van der Waals surface area contributed by atoms with E-state index >= 15 is 0 Å². The van der Waals surface area contributed by atoms with Crippen LogP contribution < -0.4 is 10.1 Å². The fourth-order valence-corrected chi connectivity index (χ4v) is 5.42. The van der Waals surface area contributed by atoms with E-state index in [1.54, 1.807) is 0 Å². The number of benzene rings is 2. The number of amides is 1. The monoisotopic (exact) mass is 440 g/mol. The molecule has 0 aromatic heterocycles. The second-order valence-electron chi connectivity index (χ2n) is 8.98. The van der Waals surface area contributed by atoms with Gasteiger partial charge in [0.2, 0.25) is 5.91 Å². The van der Waals surface area contributed by atoms with Gasteiger partial charge in [-0.1, -0.05) is 49.1 Å². The quantitative estimate of drug-likeness (QED) is 0.570. The van der Waals surface area contributed by atoms with Gasteiger partial charge in [0.25, 0.3) is 0 Å². The molecule has 2 aliphatic rings. The number of halogens is 1. The zero-order valence-corrected chi connectivity index (χ0v) is 19.2. The number of hydrogen-bond donors (Lipinski definition) is 1. The number of hydrogen-bond acceptors (Lipinski definition) is 3. The smallest absolute Gasteiger partial charge is 0.235 e. The Labute approximate surface area is 190 Å². The SMILES string of the molecule is CC1CCCCN1CCOc1ccc(NC(=O)C2(c3ccccc3Cl)CCCC2)cc1. The van der Waals surface area contributed by atoms with Crippen LogP contribution in [0.15, 0.2) is 48.5 Å². The second-order valence-corrected chi connectivity index (χ2v) is 9.38. The van der Waals surface area contributed by atoms with E-state index in [1.165, 1.54) is 25.8 Å². The molecule has 4 rings (SSSR count). The number of nitrogens with one attached hydrogen (secondary N) is 1. The van der Waals surface area contributed by atoms with E-state index in [9.17, 15) is 4.79 Å². The fraction of sp³-hybridized carbons (Fsp3) is 0.500. The minimum atomic E-state index is -0.543. The fourth-order valence-electron chi connectivity index (χ4n) is 5.10. The molecule has 1 aliphatic heterocycles. The third-order valence-corrected chi connectivity index (χ3v) is 7.31. The average Bonchev–Trinajstić information content (AvgIpc) is 3.28. The van der Waals surface area contributed by atoms with Gasteiger partial charge in [0.15, 0.2) is 0 Å². The van der Waals surface area contributed by atoms with E-state index < -0.39 is 5.41 Å². The van der Waals surface area contributed by atoms with E-state index in [2.05, 4.69) is 17.1 Å². The Bertz CT molecular complexity index is 877. The van der Waals surface area contributed by atoms with E-state index in [4.69, 9.17) is 16.3 Å². The summed E-state index contributed by atoms with van der Waals surface area (Å²) in [5.74, 6) is 0.871. The van der Waals surface area contributed by atoms with Crippen molar-refractivity contribution in [2.75, 3.05) is 25.0 Å². The van der Waals surface area contributed by atoms with Crippen LogP contribution in [-0.2, 0) is 10.2 Å². The maximum absolute atomic E-state index is 13.3. The van der Waals surface area contributed by atoms with Crippen LogP contribution in [0, 0.1) is 0 Å². The van der Waals surface area contributed by atoms with Gasteiger partial charge < -0.3 is 10.1 Å². The summed E-state index contributed by atoms with van der Waals surface area (Å²) in [6, 6.07) is 16.1. The summed E-state index contributed by atoms with van der Waals surface area (Å²) in [6.45, 7) is 5.12. The number of ether oxygens (including phenoxy) is 1. The summed E-state index contributed by atoms with van der Waals surface area (Å²) >= 11 is 6.48. The molecule has 1 aliphatic carbocycles. The predicted molar refractivity (Wildman–Crippen MR) is 127 cm³/mol. The van der Waals surface area contributed by atoms with Gasteiger partial charge in [-0.05, 0) is 75.0 Å². The molecule has 2 aromatic rings. The zero-order chi connectivity index (χ0) is 21.7. The lowest BCUT2D eigenvalue weighted by Crippen LogP contribution is -2.39. The lowest BCUT2D eigenvalue weighted by molar-refractivity contribution is -0.121. The summed E-state index contributed by atoms with van der Waals surface area (Å²) in [6.07, 6.45) is 7.65. The third-order valence-electron chi connectivity index (χ3n) is 6.98. The van der Waals surface area contributed by atoms with Gasteiger partial charge in [-0.25, -0.2) is 0 Å². The van der Waals surface area contributed by atoms with Crippen molar-refractivity contribution < 1.29 is 9.53 Å². The molecule has 1 heterocycles. The van der Waals surface area contributed by atoms with Crippen LogP contribution in [0.3, 0.4) is 0 Å². The number of anilines is 1. The molecule has 0 bridgehead atoms. The van der Waals surface area contributed by atoms with Crippen molar-refractivity contribution in [3.8, 4) is 5.75 Å². The standard InChI is InChI=1S/C26H33ClN2O2/c1-20-8-4-7-17-29(20)18-19-31-22-13-11-21(12-14-22)28-25(30)26(15-5-6-16-26)23-9-2-3-10-24(23)27/h2-3,9-14,20H,4-8,15-19H2,1H3,(H,28,30). The molecule has 1 N–H and O–H groups in total. The van der Waals surface area contributed by atoms with E-state index in [0.717, 1.165) is 49.2 Å². The van der Waals surface area contributed by atoms with Crippen LogP contribution in [-0.4, -0.2) is 36.5 Å². The van der Waals surface area contributed by atoms with Gasteiger partial charge in [-0.15, -0.1) is 0 Å². The van der Waals surface area contributed by atoms with Gasteiger partial charge in [0, 0.05) is 23.3 Å². The van der Waals surface area contributed by atoms with Crippen LogP contribution in [0.1, 0.15) is 57.4 Å². The molecule has 166 valence electrons. The maximum Gasteiger partial charge on any atom is 0.235 e. The highest BCUT2D eigenvalue weighted by molar-refractivity contribution is 6.31. The normalized spacial score (nSPS) is 21.0. The van der Waals surface area contributed by atoms with Crippen molar-refractivity contribution in [3.05, 3.63) is 59.1 Å². The number of nitrogens with zero attached hydrogens (tertiary/aromatic N) is 1. The molecule has 5 heteroatoms. The van der Waals surface area contributed by atoms with Crippen LogP contribution in [0.2, 0.25) is 5.02 Å². The Kier molecular flexibility index (Phi) is 7.19. The largest absolute Gasteiger partial charge is 0.492 e. The first-order valence-electron chi connectivity index (χ1n) is 11.6. The summed E-state index contributed by atoms with van der Waals surface area (Å²) in [5.41, 5.74) is 1.19. The number of carbonyl (C=O) groups is 1. The highest BCUT2D eigenvalue weighted by Gasteiger charge is 2.43. The van der Waals surface area contributed by atoms with Crippen LogP contribution >= 0.6 is 11.6 Å². The predicted octanol–water partition coefficient (Wildman–Crippen LogP) is 6.04. The van der Waals surface area contributed by atoms with Crippen molar-refractivity contribution in [1.82, 2.24) is 4.90 Å². The molecular weight excluding hydrogens is 408 g/mol. The Morgan fingerprint density at radius 3 is 2.55 bits per heavy atom. The van der Waals surface area contributed by atoms with Crippen molar-refractivity contribution in [1.29, 1.82) is 0 Å². The van der Waals surface area contributed by atoms with Crippen LogP contribution in [0.5, 0.6) is 5.75 Å². The van der Waals surface area contributed by atoms with Gasteiger partial charge in [0.1, 0.15) is 12.4 Å². The Balaban J connectivity index is 1.36. The van der Waals surface area contributed by atoms with Gasteiger partial charge in [0.05, 0.1) is 5.41 Å². The van der Waals surface area contributed by atoms with Crippen molar-refractivity contribution in [2.45, 2.75) is 63.3 Å². The number of likely N-dealkylation sites (tertiary alicyclic amines) is 1. The molecule has 1 amide bonds. The molecule has 1 saturated heterocycles. The van der Waals surface area contributed by atoms with Crippen LogP contribution in [0.4, 0.5) is 5.69 Å². The van der Waals surface area contributed by atoms with E-state index in [-0.39, 0.29) is 5.91 Å². The average molecular weight is 441 g/mol. The van der Waals surface area contributed by atoms with Gasteiger partial charge >= 0.3 is 0 Å². The Morgan fingerprint density at radius 2 is 1.84 bits per heavy atom. The molecule has 1 saturated carbocycles. The molecule has 31 heavy (non-hydrogen) atoms. The summed E-state index contributed by atoms with van der Waals surface area (Å²) in [4.78, 5) is 15.9. The Hall–Kier alpha value is -2.04.